The van der Waals surface area contributed by atoms with E-state index in [1.54, 1.807) is 6.07 Å². The summed E-state index contributed by atoms with van der Waals surface area (Å²) in [6.45, 7) is 3.92. The fraction of sp³-hybridized carbons (Fsp3) is 0.308. The van der Waals surface area contributed by atoms with Crippen molar-refractivity contribution < 1.29 is 14.4 Å². The average Bonchev–Trinajstić information content (AvgIpc) is 2.55. The van der Waals surface area contributed by atoms with Gasteiger partial charge in [-0.25, -0.2) is 0 Å². The molecule has 0 aliphatic carbocycles. The minimum Gasteiger partial charge on any atom is -0.370 e. The molecular weight excluding hydrogens is 232 g/mol. The molecule has 2 amide bonds. The highest BCUT2D eigenvalue weighted by molar-refractivity contribution is 6.52. The lowest BCUT2D eigenvalue weighted by molar-refractivity contribution is -0.118. The molecule has 5 heteroatoms. The van der Waals surface area contributed by atoms with Gasteiger partial charge in [-0.05, 0) is 31.0 Å². The Morgan fingerprint density at radius 1 is 1.28 bits per heavy atom. The summed E-state index contributed by atoms with van der Waals surface area (Å²) in [6.07, 6.45) is 0.0475. The van der Waals surface area contributed by atoms with E-state index in [2.05, 4.69) is 0 Å². The summed E-state index contributed by atoms with van der Waals surface area (Å²) in [5.74, 6) is -1.59. The van der Waals surface area contributed by atoms with Crippen LogP contribution in [0.2, 0.25) is 0 Å². The molecule has 1 aromatic rings. The van der Waals surface area contributed by atoms with Gasteiger partial charge in [0.25, 0.3) is 11.7 Å². The van der Waals surface area contributed by atoms with Gasteiger partial charge in [-0.3, -0.25) is 14.4 Å². The van der Waals surface area contributed by atoms with Gasteiger partial charge < -0.3 is 10.6 Å². The zero-order valence-electron chi connectivity index (χ0n) is 10.3. The van der Waals surface area contributed by atoms with E-state index in [9.17, 15) is 14.4 Å². The van der Waals surface area contributed by atoms with Crippen molar-refractivity contribution in [1.29, 1.82) is 0 Å². The Balaban J connectivity index is 2.46. The van der Waals surface area contributed by atoms with Crippen LogP contribution in [-0.2, 0) is 9.59 Å². The Morgan fingerprint density at radius 3 is 2.56 bits per heavy atom. The molecule has 2 rings (SSSR count). The van der Waals surface area contributed by atoms with Gasteiger partial charge >= 0.3 is 0 Å². The molecule has 0 atom stereocenters. The molecule has 2 N–H and O–H groups in total. The predicted octanol–water partition coefficient (Wildman–Crippen LogP) is 0.708. The Hall–Kier alpha value is -2.17. The minimum absolute atomic E-state index is 0.0475. The molecule has 1 heterocycles. The Bertz CT molecular complexity index is 564. The number of nitrogens with two attached hydrogens (primary N) is 1. The van der Waals surface area contributed by atoms with Gasteiger partial charge in [0, 0.05) is 13.0 Å². The fourth-order valence-corrected chi connectivity index (χ4v) is 2.11. The number of carbonyl (C=O) groups is 3. The van der Waals surface area contributed by atoms with Gasteiger partial charge in [0.05, 0.1) is 11.3 Å². The van der Waals surface area contributed by atoms with Crippen LogP contribution < -0.4 is 10.6 Å². The van der Waals surface area contributed by atoms with Crippen molar-refractivity contribution in [3.05, 3.63) is 28.8 Å². The largest absolute Gasteiger partial charge is 0.370 e. The highest BCUT2D eigenvalue weighted by Gasteiger charge is 2.36. The van der Waals surface area contributed by atoms with Crippen LogP contribution in [0.4, 0.5) is 5.69 Å². The number of benzene rings is 1. The minimum atomic E-state index is -0.583. The number of primary amides is 1. The van der Waals surface area contributed by atoms with E-state index in [1.807, 2.05) is 19.9 Å². The number of rotatable bonds is 3. The summed E-state index contributed by atoms with van der Waals surface area (Å²) in [5, 5.41) is 0. The van der Waals surface area contributed by atoms with Crippen LogP contribution in [0, 0.1) is 13.8 Å². The molecule has 0 radical (unpaired) electrons. The second kappa shape index (κ2) is 4.25. The van der Waals surface area contributed by atoms with Crippen molar-refractivity contribution in [2.24, 2.45) is 5.73 Å². The standard InChI is InChI=1S/C13H14N2O3/c1-7-3-4-9-11(8(7)2)15(6-5-10(14)16)13(18)12(9)17/h3-4H,5-6H2,1-2H3,(H2,14,16). The van der Waals surface area contributed by atoms with Crippen molar-refractivity contribution in [2.45, 2.75) is 20.3 Å². The molecule has 0 aromatic heterocycles. The van der Waals surface area contributed by atoms with Crippen LogP contribution in [0.15, 0.2) is 12.1 Å². The summed E-state index contributed by atoms with van der Waals surface area (Å²) in [4.78, 5) is 35.8. The molecule has 1 aromatic carbocycles. The molecule has 18 heavy (non-hydrogen) atoms. The second-order valence-electron chi connectivity index (χ2n) is 4.41. The quantitative estimate of drug-likeness (QED) is 0.797. The lowest BCUT2D eigenvalue weighted by atomic mass is 10.0. The van der Waals surface area contributed by atoms with Crippen LogP contribution >= 0.6 is 0 Å². The summed E-state index contributed by atoms with van der Waals surface area (Å²) in [6, 6.07) is 3.47. The topological polar surface area (TPSA) is 80.5 Å². The lowest BCUT2D eigenvalue weighted by Crippen LogP contribution is -2.33. The Labute approximate surface area is 105 Å². The van der Waals surface area contributed by atoms with Crippen LogP contribution in [0.3, 0.4) is 0 Å². The molecule has 0 bridgehead atoms. The summed E-state index contributed by atoms with van der Waals surface area (Å²) >= 11 is 0. The van der Waals surface area contributed by atoms with Gasteiger partial charge in [0.15, 0.2) is 0 Å². The predicted molar refractivity (Wildman–Crippen MR) is 66.4 cm³/mol. The molecule has 0 fully saturated rings. The third-order valence-electron chi connectivity index (χ3n) is 3.24. The summed E-state index contributed by atoms with van der Waals surface area (Å²) in [7, 11) is 0. The van der Waals surface area contributed by atoms with Crippen molar-refractivity contribution >= 4 is 23.3 Å². The highest BCUT2D eigenvalue weighted by Crippen LogP contribution is 2.33. The Morgan fingerprint density at radius 2 is 1.94 bits per heavy atom. The van der Waals surface area contributed by atoms with Crippen LogP contribution in [0.25, 0.3) is 0 Å². The maximum absolute atomic E-state index is 11.9. The first-order chi connectivity index (χ1) is 8.43. The molecule has 0 spiro atoms. The number of anilines is 1. The normalized spacial score (nSPS) is 14.0. The number of fused-ring (bicyclic) bond motifs is 1. The number of hydrogen-bond acceptors (Lipinski definition) is 3. The molecule has 5 nitrogen and oxygen atoms in total. The first-order valence-electron chi connectivity index (χ1n) is 5.68. The average molecular weight is 246 g/mol. The van der Waals surface area contributed by atoms with E-state index in [0.717, 1.165) is 11.1 Å². The van der Waals surface area contributed by atoms with Crippen LogP contribution in [0.1, 0.15) is 27.9 Å². The number of ketones is 1. The molecule has 0 saturated carbocycles. The van der Waals surface area contributed by atoms with Gasteiger partial charge in [0.1, 0.15) is 0 Å². The summed E-state index contributed by atoms with van der Waals surface area (Å²) in [5.41, 5.74) is 7.99. The first-order valence-corrected chi connectivity index (χ1v) is 5.68. The number of hydrogen-bond donors (Lipinski definition) is 1. The number of Topliss-reactive ketones (excluding diaryl/α,β-unsaturated/α-hetero) is 1. The third kappa shape index (κ3) is 1.77. The van der Waals surface area contributed by atoms with Gasteiger partial charge in [-0.15, -0.1) is 0 Å². The molecule has 0 unspecified atom stereocenters. The number of aryl methyl sites for hydroxylation is 1. The van der Waals surface area contributed by atoms with Crippen molar-refractivity contribution in [2.75, 3.05) is 11.4 Å². The molecule has 0 saturated heterocycles. The van der Waals surface area contributed by atoms with Crippen LogP contribution in [-0.4, -0.2) is 24.1 Å². The third-order valence-corrected chi connectivity index (χ3v) is 3.24. The van der Waals surface area contributed by atoms with Crippen LogP contribution in [0.5, 0.6) is 0 Å². The van der Waals surface area contributed by atoms with Gasteiger partial charge in [0.2, 0.25) is 5.91 Å². The van der Waals surface area contributed by atoms with E-state index in [1.165, 1.54) is 4.90 Å². The zero-order chi connectivity index (χ0) is 13.4. The maximum atomic E-state index is 11.9. The molecule has 1 aliphatic rings. The number of carbonyl (C=O) groups excluding carboxylic acids is 3. The molecule has 1 aliphatic heterocycles. The second-order valence-corrected chi connectivity index (χ2v) is 4.41. The Kier molecular flexibility index (Phi) is 2.90. The maximum Gasteiger partial charge on any atom is 0.299 e. The molecule has 94 valence electrons. The number of amides is 2. The smallest absolute Gasteiger partial charge is 0.299 e. The van der Waals surface area contributed by atoms with Gasteiger partial charge in [-0.1, -0.05) is 6.07 Å². The van der Waals surface area contributed by atoms with Crippen molar-refractivity contribution in [3.63, 3.8) is 0 Å². The highest BCUT2D eigenvalue weighted by atomic mass is 16.2. The van der Waals surface area contributed by atoms with Crippen molar-refractivity contribution in [1.82, 2.24) is 0 Å². The first kappa shape index (κ1) is 12.3. The van der Waals surface area contributed by atoms with E-state index in [0.29, 0.717) is 11.3 Å². The zero-order valence-corrected chi connectivity index (χ0v) is 10.3. The lowest BCUT2D eigenvalue weighted by Gasteiger charge is -2.18. The monoisotopic (exact) mass is 246 g/mol. The van der Waals surface area contributed by atoms with E-state index < -0.39 is 17.6 Å². The van der Waals surface area contributed by atoms with E-state index in [-0.39, 0.29) is 13.0 Å². The number of nitrogens with zero attached hydrogens (tertiary/aromatic N) is 1. The van der Waals surface area contributed by atoms with E-state index >= 15 is 0 Å². The van der Waals surface area contributed by atoms with Crippen molar-refractivity contribution in [3.8, 4) is 0 Å². The van der Waals surface area contributed by atoms with E-state index in [4.69, 9.17) is 5.73 Å². The summed E-state index contributed by atoms with van der Waals surface area (Å²) < 4.78 is 0. The molecular formula is C13H14N2O3. The van der Waals surface area contributed by atoms with Gasteiger partial charge in [-0.2, -0.15) is 0 Å². The SMILES string of the molecule is Cc1ccc2c(c1C)N(CCC(N)=O)C(=O)C2=O. The fourth-order valence-electron chi connectivity index (χ4n) is 2.11.